The second-order valence-electron chi connectivity index (χ2n) is 6.70. The van der Waals surface area contributed by atoms with Crippen LogP contribution >= 0.6 is 11.6 Å². The largest absolute Gasteiger partial charge is 0.495 e. The molecule has 7 heteroatoms. The standard InChI is InChI=1S/C20H22ClN3O3/c1-13-6-9-24(10-7-13)20(26)17-11-14(5-8-22-17)19(25)23-16-12-15(21)3-4-18(16)27-2/h3-5,8,11-13H,6-7,9-10H2,1-2H3,(H,23,25). The minimum Gasteiger partial charge on any atom is -0.495 e. The molecule has 1 aliphatic rings. The molecule has 1 aliphatic heterocycles. The molecule has 0 atom stereocenters. The van der Waals surface area contributed by atoms with E-state index in [1.807, 2.05) is 0 Å². The molecule has 2 amide bonds. The fourth-order valence-corrected chi connectivity index (χ4v) is 3.21. The number of nitrogens with one attached hydrogen (secondary N) is 1. The summed E-state index contributed by atoms with van der Waals surface area (Å²) < 4.78 is 5.24. The van der Waals surface area contributed by atoms with Gasteiger partial charge in [-0.25, -0.2) is 0 Å². The Kier molecular flexibility index (Phi) is 5.96. The first-order valence-electron chi connectivity index (χ1n) is 8.88. The minimum atomic E-state index is -0.362. The number of pyridine rings is 1. The third kappa shape index (κ3) is 4.57. The molecule has 142 valence electrons. The van der Waals surface area contributed by atoms with Gasteiger partial charge in [0.15, 0.2) is 0 Å². The third-order valence-corrected chi connectivity index (χ3v) is 4.96. The Hall–Kier alpha value is -2.60. The first-order valence-corrected chi connectivity index (χ1v) is 9.26. The minimum absolute atomic E-state index is 0.142. The van der Waals surface area contributed by atoms with Gasteiger partial charge in [0.1, 0.15) is 11.4 Å². The number of ether oxygens (including phenoxy) is 1. The molecule has 0 spiro atoms. The summed E-state index contributed by atoms with van der Waals surface area (Å²) in [7, 11) is 1.52. The summed E-state index contributed by atoms with van der Waals surface area (Å²) >= 11 is 6.00. The number of anilines is 1. The van der Waals surface area contributed by atoms with Crippen LogP contribution in [-0.2, 0) is 0 Å². The predicted molar refractivity (Wildman–Crippen MR) is 104 cm³/mol. The number of likely N-dealkylation sites (tertiary alicyclic amines) is 1. The van der Waals surface area contributed by atoms with Crippen LogP contribution in [0.4, 0.5) is 5.69 Å². The average molecular weight is 388 g/mol. The Morgan fingerprint density at radius 3 is 2.67 bits per heavy atom. The molecular formula is C20H22ClN3O3. The molecule has 1 fully saturated rings. The molecule has 0 bridgehead atoms. The number of rotatable bonds is 4. The fraction of sp³-hybridized carbons (Fsp3) is 0.350. The van der Waals surface area contributed by atoms with Crippen molar-refractivity contribution in [1.29, 1.82) is 0 Å². The van der Waals surface area contributed by atoms with Crippen molar-refractivity contribution < 1.29 is 14.3 Å². The summed E-state index contributed by atoms with van der Waals surface area (Å²) in [4.78, 5) is 31.3. The Bertz CT molecular complexity index is 848. The molecule has 27 heavy (non-hydrogen) atoms. The van der Waals surface area contributed by atoms with Gasteiger partial charge in [-0.1, -0.05) is 18.5 Å². The topological polar surface area (TPSA) is 71.5 Å². The van der Waals surface area contributed by atoms with Crippen LogP contribution in [0.2, 0.25) is 5.02 Å². The lowest BCUT2D eigenvalue weighted by Gasteiger charge is -2.30. The Labute approximate surface area is 163 Å². The third-order valence-electron chi connectivity index (χ3n) is 4.72. The van der Waals surface area contributed by atoms with Crippen LogP contribution in [0.15, 0.2) is 36.5 Å². The number of benzene rings is 1. The number of carbonyl (C=O) groups excluding carboxylic acids is 2. The zero-order valence-corrected chi connectivity index (χ0v) is 16.1. The molecular weight excluding hydrogens is 366 g/mol. The maximum atomic E-state index is 12.7. The van der Waals surface area contributed by atoms with Gasteiger partial charge in [-0.2, -0.15) is 0 Å². The van der Waals surface area contributed by atoms with Crippen molar-refractivity contribution >= 4 is 29.1 Å². The van der Waals surface area contributed by atoms with Crippen LogP contribution in [0, 0.1) is 5.92 Å². The maximum absolute atomic E-state index is 12.7. The van der Waals surface area contributed by atoms with Gasteiger partial charge in [-0.15, -0.1) is 0 Å². The highest BCUT2D eigenvalue weighted by atomic mass is 35.5. The van der Waals surface area contributed by atoms with Crippen molar-refractivity contribution in [3.63, 3.8) is 0 Å². The van der Waals surface area contributed by atoms with E-state index in [4.69, 9.17) is 16.3 Å². The van der Waals surface area contributed by atoms with Gasteiger partial charge in [0.05, 0.1) is 12.8 Å². The first-order chi connectivity index (χ1) is 13.0. The van der Waals surface area contributed by atoms with Crippen LogP contribution in [0.3, 0.4) is 0 Å². The predicted octanol–water partition coefficient (Wildman–Crippen LogP) is 3.87. The maximum Gasteiger partial charge on any atom is 0.272 e. The molecule has 0 saturated carbocycles. The van der Waals surface area contributed by atoms with Gasteiger partial charge >= 0.3 is 0 Å². The van der Waals surface area contributed by atoms with E-state index in [0.717, 1.165) is 25.9 Å². The van der Waals surface area contributed by atoms with E-state index in [2.05, 4.69) is 17.2 Å². The molecule has 1 N–H and O–H groups in total. The molecule has 1 aromatic carbocycles. The summed E-state index contributed by atoms with van der Waals surface area (Å²) in [6.45, 7) is 3.63. The van der Waals surface area contributed by atoms with Crippen molar-refractivity contribution in [2.45, 2.75) is 19.8 Å². The molecule has 6 nitrogen and oxygen atoms in total. The van der Waals surface area contributed by atoms with Crippen molar-refractivity contribution in [3.05, 3.63) is 52.8 Å². The van der Waals surface area contributed by atoms with E-state index >= 15 is 0 Å². The lowest BCUT2D eigenvalue weighted by atomic mass is 9.99. The number of hydrogen-bond acceptors (Lipinski definition) is 4. The smallest absolute Gasteiger partial charge is 0.272 e. The summed E-state index contributed by atoms with van der Waals surface area (Å²) in [5.74, 6) is 0.628. The van der Waals surface area contributed by atoms with Crippen LogP contribution in [0.25, 0.3) is 0 Å². The summed E-state index contributed by atoms with van der Waals surface area (Å²) in [5, 5.41) is 3.25. The Morgan fingerprint density at radius 2 is 1.96 bits per heavy atom. The van der Waals surface area contributed by atoms with E-state index in [-0.39, 0.29) is 17.5 Å². The zero-order valence-electron chi connectivity index (χ0n) is 15.4. The molecule has 0 radical (unpaired) electrons. The molecule has 1 saturated heterocycles. The summed E-state index contributed by atoms with van der Waals surface area (Å²) in [5.41, 5.74) is 1.08. The van der Waals surface area contributed by atoms with Crippen LogP contribution < -0.4 is 10.1 Å². The zero-order chi connectivity index (χ0) is 19.4. The average Bonchev–Trinajstić information content (AvgIpc) is 2.68. The lowest BCUT2D eigenvalue weighted by Crippen LogP contribution is -2.38. The van der Waals surface area contributed by atoms with Crippen molar-refractivity contribution in [3.8, 4) is 5.75 Å². The second kappa shape index (κ2) is 8.39. The van der Waals surface area contributed by atoms with Crippen molar-refractivity contribution in [2.24, 2.45) is 5.92 Å². The Balaban J connectivity index is 1.76. The first kappa shape index (κ1) is 19.2. The van der Waals surface area contributed by atoms with Crippen molar-refractivity contribution in [1.82, 2.24) is 9.88 Å². The van der Waals surface area contributed by atoms with Gasteiger partial charge in [0.25, 0.3) is 11.8 Å². The monoisotopic (exact) mass is 387 g/mol. The fourth-order valence-electron chi connectivity index (χ4n) is 3.03. The number of halogens is 1. The highest BCUT2D eigenvalue weighted by Gasteiger charge is 2.23. The normalized spacial score (nSPS) is 14.7. The SMILES string of the molecule is COc1ccc(Cl)cc1NC(=O)c1ccnc(C(=O)N2CCC(C)CC2)c1. The molecule has 0 aliphatic carbocycles. The number of amides is 2. The number of aromatic nitrogens is 1. The lowest BCUT2D eigenvalue weighted by molar-refractivity contribution is 0.0691. The highest BCUT2D eigenvalue weighted by Crippen LogP contribution is 2.28. The van der Waals surface area contributed by atoms with Gasteiger partial charge in [-0.3, -0.25) is 14.6 Å². The molecule has 2 aromatic rings. The summed E-state index contributed by atoms with van der Waals surface area (Å²) in [6, 6.07) is 8.06. The quantitative estimate of drug-likeness (QED) is 0.864. The van der Waals surface area contributed by atoms with E-state index in [1.165, 1.54) is 19.4 Å². The Morgan fingerprint density at radius 1 is 1.22 bits per heavy atom. The van der Waals surface area contributed by atoms with Crippen LogP contribution in [0.5, 0.6) is 5.75 Å². The molecule has 1 aromatic heterocycles. The van der Waals surface area contributed by atoms with Gasteiger partial charge in [0, 0.05) is 29.9 Å². The van der Waals surface area contributed by atoms with Gasteiger partial charge in [-0.05, 0) is 49.1 Å². The number of carbonyl (C=O) groups is 2. The number of piperidine rings is 1. The molecule has 3 rings (SSSR count). The highest BCUT2D eigenvalue weighted by molar-refractivity contribution is 6.31. The number of nitrogens with zero attached hydrogens (tertiary/aromatic N) is 2. The second-order valence-corrected chi connectivity index (χ2v) is 7.14. The van der Waals surface area contributed by atoms with Crippen LogP contribution in [0.1, 0.15) is 40.6 Å². The van der Waals surface area contributed by atoms with Gasteiger partial charge < -0.3 is 15.0 Å². The number of methoxy groups -OCH3 is 1. The summed E-state index contributed by atoms with van der Waals surface area (Å²) in [6.07, 6.45) is 3.45. The van der Waals surface area contributed by atoms with E-state index in [1.54, 1.807) is 29.2 Å². The van der Waals surface area contributed by atoms with E-state index in [0.29, 0.717) is 27.9 Å². The van der Waals surface area contributed by atoms with E-state index < -0.39 is 0 Å². The molecule has 2 heterocycles. The van der Waals surface area contributed by atoms with E-state index in [9.17, 15) is 9.59 Å². The van der Waals surface area contributed by atoms with Gasteiger partial charge in [0.2, 0.25) is 0 Å². The number of hydrogen-bond donors (Lipinski definition) is 1. The van der Waals surface area contributed by atoms with Crippen LogP contribution in [-0.4, -0.2) is 41.9 Å². The molecule has 0 unspecified atom stereocenters. The van der Waals surface area contributed by atoms with Crippen molar-refractivity contribution in [2.75, 3.05) is 25.5 Å².